The molecule has 1 amide bonds. The van der Waals surface area contributed by atoms with Crippen LogP contribution in [0.3, 0.4) is 0 Å². The van der Waals surface area contributed by atoms with Gasteiger partial charge < -0.3 is 0 Å². The third-order valence-electron chi connectivity index (χ3n) is 2.47. The van der Waals surface area contributed by atoms with E-state index in [2.05, 4.69) is 26.2 Å². The maximum atomic E-state index is 11.4. The summed E-state index contributed by atoms with van der Waals surface area (Å²) in [5.74, 6) is 7.83. The molecule has 5 heteroatoms. The SMILES string of the molecule is Cc1sc(C(=O)NN)cc1CSCCC(C)C. The maximum Gasteiger partial charge on any atom is 0.275 e. The number of nitrogens with one attached hydrogen (secondary N) is 1. The van der Waals surface area contributed by atoms with Crippen LogP contribution in [0.2, 0.25) is 0 Å². The minimum Gasteiger partial charge on any atom is -0.289 e. The number of hydrogen-bond donors (Lipinski definition) is 2. The highest BCUT2D eigenvalue weighted by Gasteiger charge is 2.11. The monoisotopic (exact) mass is 272 g/mol. The number of aryl methyl sites for hydroxylation is 1. The lowest BCUT2D eigenvalue weighted by molar-refractivity contribution is 0.0957. The summed E-state index contributed by atoms with van der Waals surface area (Å²) in [5.41, 5.74) is 3.42. The van der Waals surface area contributed by atoms with Gasteiger partial charge in [-0.1, -0.05) is 13.8 Å². The van der Waals surface area contributed by atoms with Gasteiger partial charge in [0.1, 0.15) is 0 Å². The number of rotatable bonds is 6. The maximum absolute atomic E-state index is 11.4. The van der Waals surface area contributed by atoms with Crippen LogP contribution in [0.5, 0.6) is 0 Å². The van der Waals surface area contributed by atoms with Crippen LogP contribution in [-0.4, -0.2) is 11.7 Å². The average molecular weight is 272 g/mol. The van der Waals surface area contributed by atoms with E-state index in [9.17, 15) is 4.79 Å². The molecule has 3 nitrogen and oxygen atoms in total. The Morgan fingerprint density at radius 1 is 1.59 bits per heavy atom. The van der Waals surface area contributed by atoms with Crippen molar-refractivity contribution < 1.29 is 4.79 Å². The fourth-order valence-electron chi connectivity index (χ4n) is 1.35. The normalized spacial score (nSPS) is 10.9. The number of thioether (sulfide) groups is 1. The summed E-state index contributed by atoms with van der Waals surface area (Å²) in [6.45, 7) is 6.52. The Morgan fingerprint density at radius 3 is 2.88 bits per heavy atom. The van der Waals surface area contributed by atoms with E-state index in [0.717, 1.165) is 11.7 Å². The van der Waals surface area contributed by atoms with Crippen LogP contribution in [0.25, 0.3) is 0 Å². The summed E-state index contributed by atoms with van der Waals surface area (Å²) in [6.07, 6.45) is 1.24. The Bertz CT molecular complexity index is 375. The average Bonchev–Trinajstić information content (AvgIpc) is 2.65. The molecule has 0 spiro atoms. The lowest BCUT2D eigenvalue weighted by Gasteiger charge is -2.03. The second-order valence-electron chi connectivity index (χ2n) is 4.40. The number of hydrogen-bond acceptors (Lipinski definition) is 4. The quantitative estimate of drug-likeness (QED) is 0.362. The van der Waals surface area contributed by atoms with Gasteiger partial charge in [-0.05, 0) is 36.6 Å². The standard InChI is InChI=1S/C12H20N2OS2/c1-8(2)4-5-16-7-10-6-11(12(15)14-13)17-9(10)3/h6,8H,4-5,7,13H2,1-3H3,(H,14,15). The fourth-order valence-corrected chi connectivity index (χ4v) is 3.69. The fraction of sp³-hybridized carbons (Fsp3) is 0.583. The molecule has 1 rings (SSSR count). The largest absolute Gasteiger partial charge is 0.289 e. The Labute approximate surface area is 111 Å². The van der Waals surface area contributed by atoms with E-state index in [1.54, 1.807) is 0 Å². The van der Waals surface area contributed by atoms with Crippen molar-refractivity contribution in [2.24, 2.45) is 11.8 Å². The number of carbonyl (C=O) groups excluding carboxylic acids is 1. The summed E-state index contributed by atoms with van der Waals surface area (Å²) in [5, 5.41) is 0. The third kappa shape index (κ3) is 4.69. The molecule has 1 heterocycles. The van der Waals surface area contributed by atoms with Crippen LogP contribution in [-0.2, 0) is 5.75 Å². The number of amides is 1. The van der Waals surface area contributed by atoms with E-state index >= 15 is 0 Å². The van der Waals surface area contributed by atoms with Crippen molar-refractivity contribution in [2.75, 3.05) is 5.75 Å². The number of nitrogen functional groups attached to an aromatic ring is 1. The van der Waals surface area contributed by atoms with Crippen molar-refractivity contribution in [3.63, 3.8) is 0 Å². The molecule has 0 fully saturated rings. The molecule has 0 aliphatic heterocycles. The molecular weight excluding hydrogens is 252 g/mol. The van der Waals surface area contributed by atoms with Crippen molar-refractivity contribution >= 4 is 29.0 Å². The smallest absolute Gasteiger partial charge is 0.275 e. The van der Waals surface area contributed by atoms with Crippen molar-refractivity contribution in [3.05, 3.63) is 21.4 Å². The highest BCUT2D eigenvalue weighted by Crippen LogP contribution is 2.25. The lowest BCUT2D eigenvalue weighted by atomic mass is 10.2. The van der Waals surface area contributed by atoms with Gasteiger partial charge in [0.2, 0.25) is 0 Å². The van der Waals surface area contributed by atoms with Gasteiger partial charge in [0.05, 0.1) is 4.88 Å². The zero-order valence-electron chi connectivity index (χ0n) is 10.6. The van der Waals surface area contributed by atoms with E-state index in [4.69, 9.17) is 5.84 Å². The van der Waals surface area contributed by atoms with Crippen LogP contribution < -0.4 is 11.3 Å². The lowest BCUT2D eigenvalue weighted by Crippen LogP contribution is -2.29. The van der Waals surface area contributed by atoms with Gasteiger partial charge in [-0.2, -0.15) is 11.8 Å². The molecule has 0 bridgehead atoms. The van der Waals surface area contributed by atoms with Crippen LogP contribution in [0, 0.1) is 12.8 Å². The van der Waals surface area contributed by atoms with E-state index in [-0.39, 0.29) is 5.91 Å². The molecule has 17 heavy (non-hydrogen) atoms. The van der Waals surface area contributed by atoms with Gasteiger partial charge in [0.15, 0.2) is 0 Å². The predicted octanol–water partition coefficient (Wildman–Crippen LogP) is 2.94. The van der Waals surface area contributed by atoms with Crippen LogP contribution in [0.1, 0.15) is 40.4 Å². The summed E-state index contributed by atoms with van der Waals surface area (Å²) < 4.78 is 0. The van der Waals surface area contributed by atoms with Crippen molar-refractivity contribution in [1.29, 1.82) is 0 Å². The van der Waals surface area contributed by atoms with Gasteiger partial charge in [-0.15, -0.1) is 11.3 Å². The molecule has 1 aromatic rings. The second kappa shape index (κ2) is 7.03. The molecule has 0 atom stereocenters. The van der Waals surface area contributed by atoms with E-state index in [1.807, 2.05) is 17.8 Å². The molecule has 0 saturated heterocycles. The molecule has 0 saturated carbocycles. The summed E-state index contributed by atoms with van der Waals surface area (Å²) >= 11 is 3.43. The molecular formula is C12H20N2OS2. The highest BCUT2D eigenvalue weighted by molar-refractivity contribution is 7.98. The molecule has 0 aliphatic carbocycles. The molecule has 3 N–H and O–H groups in total. The second-order valence-corrected chi connectivity index (χ2v) is 6.76. The molecule has 1 aromatic heterocycles. The zero-order chi connectivity index (χ0) is 12.8. The molecule has 0 unspecified atom stereocenters. The predicted molar refractivity (Wildman–Crippen MR) is 76.3 cm³/mol. The first kappa shape index (κ1) is 14.5. The summed E-state index contributed by atoms with van der Waals surface area (Å²) in [6, 6.07) is 1.95. The Morgan fingerprint density at radius 2 is 2.29 bits per heavy atom. The first-order valence-electron chi connectivity index (χ1n) is 5.72. The summed E-state index contributed by atoms with van der Waals surface area (Å²) in [4.78, 5) is 13.3. The van der Waals surface area contributed by atoms with Gasteiger partial charge in [0, 0.05) is 10.6 Å². The number of thiophene rings is 1. The van der Waals surface area contributed by atoms with Crippen molar-refractivity contribution in [3.8, 4) is 0 Å². The van der Waals surface area contributed by atoms with Crippen molar-refractivity contribution in [2.45, 2.75) is 32.9 Å². The van der Waals surface area contributed by atoms with Crippen LogP contribution in [0.4, 0.5) is 0 Å². The third-order valence-corrected chi connectivity index (χ3v) is 4.60. The van der Waals surface area contributed by atoms with Crippen molar-refractivity contribution in [1.82, 2.24) is 5.43 Å². The minimum atomic E-state index is -0.198. The molecule has 0 aliphatic rings. The summed E-state index contributed by atoms with van der Waals surface area (Å²) in [7, 11) is 0. The number of hydrazine groups is 1. The Hall–Kier alpha value is -0.520. The molecule has 96 valence electrons. The number of carbonyl (C=O) groups is 1. The topological polar surface area (TPSA) is 55.1 Å². The van der Waals surface area contributed by atoms with Gasteiger partial charge in [-0.25, -0.2) is 5.84 Å². The molecule has 0 radical (unpaired) electrons. The van der Waals surface area contributed by atoms with E-state index in [0.29, 0.717) is 4.88 Å². The Balaban J connectivity index is 2.48. The van der Waals surface area contributed by atoms with Gasteiger partial charge in [-0.3, -0.25) is 10.2 Å². The van der Waals surface area contributed by atoms with E-state index in [1.165, 1.54) is 34.0 Å². The molecule has 0 aromatic carbocycles. The Kier molecular flexibility index (Phi) is 6.02. The van der Waals surface area contributed by atoms with E-state index < -0.39 is 0 Å². The first-order chi connectivity index (χ1) is 8.04. The number of nitrogens with two attached hydrogens (primary N) is 1. The minimum absolute atomic E-state index is 0.198. The van der Waals surface area contributed by atoms with Crippen LogP contribution >= 0.6 is 23.1 Å². The highest BCUT2D eigenvalue weighted by atomic mass is 32.2. The van der Waals surface area contributed by atoms with Crippen LogP contribution in [0.15, 0.2) is 6.07 Å². The van der Waals surface area contributed by atoms with Gasteiger partial charge in [0.25, 0.3) is 5.91 Å². The zero-order valence-corrected chi connectivity index (χ0v) is 12.2. The first-order valence-corrected chi connectivity index (χ1v) is 7.69. The van der Waals surface area contributed by atoms with Gasteiger partial charge >= 0.3 is 0 Å².